The fourth-order valence-corrected chi connectivity index (χ4v) is 2.48. The van der Waals surface area contributed by atoms with Gasteiger partial charge in [0.1, 0.15) is 12.4 Å². The summed E-state index contributed by atoms with van der Waals surface area (Å²) in [6.07, 6.45) is 0. The number of benzene rings is 1. The normalized spacial score (nSPS) is 11.8. The van der Waals surface area contributed by atoms with Crippen molar-refractivity contribution in [3.63, 3.8) is 0 Å². The topological polar surface area (TPSA) is 74.7 Å². The Balaban J connectivity index is 2.88. The minimum Gasteiger partial charge on any atom is -0.480 e. The molecule has 0 amide bonds. The van der Waals surface area contributed by atoms with Crippen LogP contribution >= 0.6 is 11.6 Å². The summed E-state index contributed by atoms with van der Waals surface area (Å²) < 4.78 is 37.3. The molecule has 0 heterocycles. The van der Waals surface area contributed by atoms with Crippen LogP contribution in [-0.2, 0) is 20.6 Å². The van der Waals surface area contributed by atoms with Crippen molar-refractivity contribution in [3.8, 4) is 0 Å². The lowest BCUT2D eigenvalue weighted by Crippen LogP contribution is -2.32. The molecular formula is C10H11ClFNO4S. The van der Waals surface area contributed by atoms with E-state index in [0.717, 1.165) is 13.1 Å². The highest BCUT2D eigenvalue weighted by molar-refractivity contribution is 7.88. The van der Waals surface area contributed by atoms with Gasteiger partial charge in [0.15, 0.2) is 0 Å². The highest BCUT2D eigenvalue weighted by Crippen LogP contribution is 2.17. The fraction of sp³-hybridized carbons (Fsp3) is 0.300. The first kappa shape index (κ1) is 14.9. The molecule has 0 spiro atoms. The Hall–Kier alpha value is -1.18. The van der Waals surface area contributed by atoms with Crippen molar-refractivity contribution in [2.75, 3.05) is 13.6 Å². The molecule has 100 valence electrons. The summed E-state index contributed by atoms with van der Waals surface area (Å²) >= 11 is 5.47. The third-order valence-electron chi connectivity index (χ3n) is 2.17. The lowest BCUT2D eigenvalue weighted by Gasteiger charge is -2.14. The van der Waals surface area contributed by atoms with E-state index in [4.69, 9.17) is 16.7 Å². The number of carboxylic acids is 1. The van der Waals surface area contributed by atoms with Crippen LogP contribution in [0.3, 0.4) is 0 Å². The molecule has 0 radical (unpaired) electrons. The molecule has 0 atom stereocenters. The maximum atomic E-state index is 13.1. The maximum absolute atomic E-state index is 13.1. The molecule has 1 rings (SSSR count). The number of sulfonamides is 1. The van der Waals surface area contributed by atoms with Crippen LogP contribution in [0.4, 0.5) is 4.39 Å². The summed E-state index contributed by atoms with van der Waals surface area (Å²) in [4.78, 5) is 10.4. The van der Waals surface area contributed by atoms with Crippen LogP contribution in [0.1, 0.15) is 5.56 Å². The van der Waals surface area contributed by atoms with Crippen LogP contribution in [0.2, 0.25) is 5.02 Å². The smallest absolute Gasteiger partial charge is 0.318 e. The fourth-order valence-electron chi connectivity index (χ4n) is 1.24. The van der Waals surface area contributed by atoms with Gasteiger partial charge in [0.2, 0.25) is 10.0 Å². The van der Waals surface area contributed by atoms with E-state index in [1.54, 1.807) is 0 Å². The molecule has 8 heteroatoms. The minimum absolute atomic E-state index is 0.102. The number of likely N-dealkylation sites (N-methyl/N-ethyl adjacent to an activating group) is 1. The van der Waals surface area contributed by atoms with Crippen molar-refractivity contribution < 1.29 is 22.7 Å². The molecule has 1 aromatic rings. The lowest BCUT2D eigenvalue weighted by atomic mass is 10.2. The van der Waals surface area contributed by atoms with Crippen LogP contribution in [0.5, 0.6) is 0 Å². The molecule has 0 fully saturated rings. The number of rotatable bonds is 5. The Morgan fingerprint density at radius 1 is 1.50 bits per heavy atom. The second kappa shape index (κ2) is 5.64. The predicted molar refractivity (Wildman–Crippen MR) is 64.3 cm³/mol. The molecule has 5 nitrogen and oxygen atoms in total. The average Bonchev–Trinajstić information content (AvgIpc) is 2.22. The molecule has 0 bridgehead atoms. The first-order valence-electron chi connectivity index (χ1n) is 4.82. The first-order chi connectivity index (χ1) is 8.22. The first-order valence-corrected chi connectivity index (χ1v) is 6.81. The van der Waals surface area contributed by atoms with Gasteiger partial charge in [0.05, 0.1) is 10.8 Å². The maximum Gasteiger partial charge on any atom is 0.318 e. The molecule has 0 aliphatic carbocycles. The summed E-state index contributed by atoms with van der Waals surface area (Å²) in [5, 5.41) is 8.41. The van der Waals surface area contributed by atoms with Gasteiger partial charge >= 0.3 is 5.97 Å². The summed E-state index contributed by atoms with van der Waals surface area (Å²) in [5.74, 6) is -2.46. The number of carboxylic acid groups (broad SMARTS) is 1. The van der Waals surface area contributed by atoms with E-state index in [9.17, 15) is 17.6 Å². The van der Waals surface area contributed by atoms with E-state index in [-0.39, 0.29) is 10.6 Å². The summed E-state index contributed by atoms with van der Waals surface area (Å²) in [6.45, 7) is -0.640. The van der Waals surface area contributed by atoms with Gasteiger partial charge in [0, 0.05) is 7.05 Å². The van der Waals surface area contributed by atoms with Crippen LogP contribution in [0.15, 0.2) is 18.2 Å². The van der Waals surface area contributed by atoms with E-state index in [1.807, 2.05) is 0 Å². The standard InChI is InChI=1S/C10H11ClFNO4S/c1-13(5-10(14)15)18(16,17)6-7-2-3-8(11)9(12)4-7/h2-4H,5-6H2,1H3,(H,14,15). The Morgan fingerprint density at radius 3 is 2.61 bits per heavy atom. The van der Waals surface area contributed by atoms with Crippen LogP contribution in [-0.4, -0.2) is 37.4 Å². The molecule has 1 N–H and O–H groups in total. The molecule has 0 saturated carbocycles. The number of carbonyl (C=O) groups is 1. The Morgan fingerprint density at radius 2 is 2.11 bits per heavy atom. The van der Waals surface area contributed by atoms with Gasteiger partial charge in [-0.1, -0.05) is 17.7 Å². The van der Waals surface area contributed by atoms with E-state index < -0.39 is 34.1 Å². The molecule has 0 unspecified atom stereocenters. The lowest BCUT2D eigenvalue weighted by molar-refractivity contribution is -0.137. The summed E-state index contributed by atoms with van der Waals surface area (Å²) in [6, 6.07) is 3.63. The zero-order valence-electron chi connectivity index (χ0n) is 9.43. The Kier molecular flexibility index (Phi) is 4.66. The monoisotopic (exact) mass is 295 g/mol. The number of aliphatic carboxylic acids is 1. The number of nitrogens with zero attached hydrogens (tertiary/aromatic N) is 1. The van der Waals surface area contributed by atoms with Gasteiger partial charge in [-0.25, -0.2) is 12.8 Å². The second-order valence-electron chi connectivity index (χ2n) is 3.65. The van der Waals surface area contributed by atoms with Crippen LogP contribution in [0, 0.1) is 5.82 Å². The Bertz CT molecular complexity index is 561. The molecular weight excluding hydrogens is 285 g/mol. The minimum atomic E-state index is -3.80. The zero-order valence-corrected chi connectivity index (χ0v) is 11.0. The van der Waals surface area contributed by atoms with Crippen molar-refractivity contribution in [2.45, 2.75) is 5.75 Å². The van der Waals surface area contributed by atoms with Crippen LogP contribution in [0.25, 0.3) is 0 Å². The zero-order chi connectivity index (χ0) is 13.9. The van der Waals surface area contributed by atoms with E-state index in [1.165, 1.54) is 12.1 Å². The van der Waals surface area contributed by atoms with Gasteiger partial charge in [-0.2, -0.15) is 4.31 Å². The van der Waals surface area contributed by atoms with E-state index in [0.29, 0.717) is 4.31 Å². The van der Waals surface area contributed by atoms with Gasteiger partial charge in [-0.3, -0.25) is 4.79 Å². The van der Waals surface area contributed by atoms with Crippen molar-refractivity contribution in [3.05, 3.63) is 34.6 Å². The molecule has 1 aromatic carbocycles. The summed E-state index contributed by atoms with van der Waals surface area (Å²) in [7, 11) is -2.65. The van der Waals surface area contributed by atoms with Crippen molar-refractivity contribution in [1.29, 1.82) is 0 Å². The third-order valence-corrected chi connectivity index (χ3v) is 4.25. The molecule has 0 saturated heterocycles. The molecule has 0 aromatic heterocycles. The van der Waals surface area contributed by atoms with Gasteiger partial charge in [-0.15, -0.1) is 0 Å². The highest BCUT2D eigenvalue weighted by Gasteiger charge is 2.21. The largest absolute Gasteiger partial charge is 0.480 e. The molecule has 0 aliphatic rings. The van der Waals surface area contributed by atoms with Gasteiger partial charge < -0.3 is 5.11 Å². The number of hydrogen-bond donors (Lipinski definition) is 1. The summed E-state index contributed by atoms with van der Waals surface area (Å²) in [5.41, 5.74) is 0.203. The SMILES string of the molecule is CN(CC(=O)O)S(=O)(=O)Cc1ccc(Cl)c(F)c1. The number of hydrogen-bond acceptors (Lipinski definition) is 3. The highest BCUT2D eigenvalue weighted by atomic mass is 35.5. The molecule has 0 aliphatic heterocycles. The molecule has 18 heavy (non-hydrogen) atoms. The quantitative estimate of drug-likeness (QED) is 0.889. The van der Waals surface area contributed by atoms with Crippen molar-refractivity contribution >= 4 is 27.6 Å². The van der Waals surface area contributed by atoms with E-state index in [2.05, 4.69) is 0 Å². The Labute approximate surface area is 109 Å². The van der Waals surface area contributed by atoms with Gasteiger partial charge in [-0.05, 0) is 17.7 Å². The van der Waals surface area contributed by atoms with Gasteiger partial charge in [0.25, 0.3) is 0 Å². The van der Waals surface area contributed by atoms with Crippen molar-refractivity contribution in [2.24, 2.45) is 0 Å². The predicted octanol–water partition coefficient (Wildman–Crippen LogP) is 1.33. The third kappa shape index (κ3) is 3.94. The second-order valence-corrected chi connectivity index (χ2v) is 6.14. The van der Waals surface area contributed by atoms with Crippen LogP contribution < -0.4 is 0 Å². The number of halogens is 2. The van der Waals surface area contributed by atoms with Crippen molar-refractivity contribution in [1.82, 2.24) is 4.31 Å². The van der Waals surface area contributed by atoms with E-state index >= 15 is 0 Å². The average molecular weight is 296 g/mol.